The first-order valence-corrected chi connectivity index (χ1v) is 9.02. The first-order valence-electron chi connectivity index (χ1n) is 9.02. The van der Waals surface area contributed by atoms with E-state index in [0.717, 1.165) is 0 Å². The molecule has 1 amide bonds. The van der Waals surface area contributed by atoms with Crippen LogP contribution in [0.4, 0.5) is 5.69 Å². The van der Waals surface area contributed by atoms with Gasteiger partial charge in [-0.15, -0.1) is 0 Å². The van der Waals surface area contributed by atoms with E-state index in [1.54, 1.807) is 0 Å². The van der Waals surface area contributed by atoms with Gasteiger partial charge in [-0.25, -0.2) is 4.98 Å². The number of nitrogens with zero attached hydrogens (tertiary/aromatic N) is 4. The van der Waals surface area contributed by atoms with E-state index >= 15 is 0 Å². The smallest absolute Gasteiger partial charge is 0.319 e. The van der Waals surface area contributed by atoms with Gasteiger partial charge in [0, 0.05) is 18.5 Å². The summed E-state index contributed by atoms with van der Waals surface area (Å²) in [6.07, 6.45) is 6.93. The number of nitrogens with one attached hydrogen (secondary N) is 1. The highest BCUT2D eigenvalue weighted by Gasteiger charge is 2.21. The van der Waals surface area contributed by atoms with Gasteiger partial charge in [-0.1, -0.05) is 0 Å². The lowest BCUT2D eigenvalue weighted by Gasteiger charge is -2.15. The van der Waals surface area contributed by atoms with Gasteiger partial charge in [-0.05, 0) is 6.08 Å². The van der Waals surface area contributed by atoms with Crippen molar-refractivity contribution in [2.45, 2.75) is 18.9 Å². The van der Waals surface area contributed by atoms with E-state index in [9.17, 15) is 14.4 Å². The van der Waals surface area contributed by atoms with Crippen molar-refractivity contribution in [3.05, 3.63) is 30.2 Å². The van der Waals surface area contributed by atoms with E-state index in [0.29, 0.717) is 11.3 Å². The summed E-state index contributed by atoms with van der Waals surface area (Å²) in [5, 5.41) is 6.75. The van der Waals surface area contributed by atoms with Crippen molar-refractivity contribution in [2.24, 2.45) is 0 Å². The molecule has 0 aliphatic carbocycles. The number of aromatic nitrogens is 4. The Bertz CT molecular complexity index is 939. The third-order valence-corrected chi connectivity index (χ3v) is 4.05. The van der Waals surface area contributed by atoms with E-state index < -0.39 is 23.9 Å². The van der Waals surface area contributed by atoms with Crippen LogP contribution in [0, 0.1) is 0 Å². The molecule has 166 valence electrons. The Morgan fingerprint density at radius 2 is 1.74 bits per heavy atom. The maximum Gasteiger partial charge on any atom is 0.319 e. The monoisotopic (exact) mass is 433 g/mol. The largest absolute Gasteiger partial charge is 0.480 e. The molecule has 0 aliphatic heterocycles. The van der Waals surface area contributed by atoms with Gasteiger partial charge in [-0.3, -0.25) is 19.1 Å². The lowest BCUT2D eigenvalue weighted by atomic mass is 10.1. The maximum absolute atomic E-state index is 12.2. The zero-order chi connectivity index (χ0) is 22.8. The number of rotatable bonds is 10. The molecule has 0 aliphatic rings. The molecule has 0 aromatic carbocycles. The van der Waals surface area contributed by atoms with Crippen molar-refractivity contribution in [3.63, 3.8) is 0 Å². The van der Waals surface area contributed by atoms with Crippen molar-refractivity contribution < 1.29 is 33.3 Å². The molecular formula is C19H23N5O7. The number of esters is 2. The Morgan fingerprint density at radius 1 is 1.06 bits per heavy atom. The normalized spacial score (nSPS) is 10.7. The second-order valence-electron chi connectivity index (χ2n) is 6.07. The molecule has 2 aromatic rings. The number of carbonyl (C=O) groups excluding carboxylic acids is 3. The molecule has 0 bridgehead atoms. The number of anilines is 1. The van der Waals surface area contributed by atoms with Crippen LogP contribution in [0.25, 0.3) is 6.08 Å². The summed E-state index contributed by atoms with van der Waals surface area (Å²) in [4.78, 5) is 43.5. The van der Waals surface area contributed by atoms with Crippen molar-refractivity contribution in [1.29, 1.82) is 0 Å². The molecule has 0 fully saturated rings. The minimum absolute atomic E-state index is 0.0855. The van der Waals surface area contributed by atoms with Gasteiger partial charge in [0.2, 0.25) is 11.8 Å². The number of hydrogen-bond donors (Lipinski definition) is 1. The average Bonchev–Trinajstić information content (AvgIpc) is 3.24. The SMILES string of the molecule is COC(=O)CC(CC(=O)OC)n1cc(NC(=O)C=Cc2cnc(OC)nc2OC)cn1. The highest BCUT2D eigenvalue weighted by Crippen LogP contribution is 2.20. The van der Waals surface area contributed by atoms with Crippen molar-refractivity contribution >= 4 is 29.6 Å². The highest BCUT2D eigenvalue weighted by molar-refractivity contribution is 6.01. The predicted molar refractivity (Wildman–Crippen MR) is 107 cm³/mol. The molecule has 12 nitrogen and oxygen atoms in total. The van der Waals surface area contributed by atoms with Gasteiger partial charge in [0.25, 0.3) is 0 Å². The summed E-state index contributed by atoms with van der Waals surface area (Å²) in [6.45, 7) is 0. The van der Waals surface area contributed by atoms with E-state index in [-0.39, 0.29) is 24.7 Å². The molecule has 2 rings (SSSR count). The summed E-state index contributed by atoms with van der Waals surface area (Å²) in [5.41, 5.74) is 0.845. The standard InChI is InChI=1S/C19H23N5O7/c1-28-16(26)7-14(8-17(27)29-2)24-11-13(10-21-24)22-15(25)6-5-12-9-20-19(31-4)23-18(12)30-3/h5-6,9-11,14H,7-8H2,1-4H3,(H,22,25). The average molecular weight is 433 g/mol. The molecule has 1 N–H and O–H groups in total. The van der Waals surface area contributed by atoms with Crippen LogP contribution in [0.3, 0.4) is 0 Å². The zero-order valence-corrected chi connectivity index (χ0v) is 17.5. The number of amides is 1. The van der Waals surface area contributed by atoms with Crippen LogP contribution in [-0.2, 0) is 23.9 Å². The minimum atomic E-state index is -0.623. The fourth-order valence-electron chi connectivity index (χ4n) is 2.50. The Hall–Kier alpha value is -3.96. The summed E-state index contributed by atoms with van der Waals surface area (Å²) >= 11 is 0. The molecule has 31 heavy (non-hydrogen) atoms. The van der Waals surface area contributed by atoms with Gasteiger partial charge in [0.05, 0.1) is 64.8 Å². The van der Waals surface area contributed by atoms with Gasteiger partial charge >= 0.3 is 17.9 Å². The predicted octanol–water partition coefficient (Wildman–Crippen LogP) is 1.01. The van der Waals surface area contributed by atoms with Crippen molar-refractivity contribution in [3.8, 4) is 11.9 Å². The molecule has 0 atom stereocenters. The first-order chi connectivity index (χ1) is 14.9. The third kappa shape index (κ3) is 6.80. The van der Waals surface area contributed by atoms with Gasteiger partial charge in [0.1, 0.15) is 0 Å². The molecule has 2 aromatic heterocycles. The molecule has 2 heterocycles. The maximum atomic E-state index is 12.2. The van der Waals surface area contributed by atoms with E-state index in [4.69, 9.17) is 9.47 Å². The summed E-state index contributed by atoms with van der Waals surface area (Å²) < 4.78 is 20.8. The van der Waals surface area contributed by atoms with E-state index in [2.05, 4.69) is 29.9 Å². The lowest BCUT2D eigenvalue weighted by Crippen LogP contribution is -2.19. The molecule has 0 spiro atoms. The number of methoxy groups -OCH3 is 4. The van der Waals surface area contributed by atoms with Crippen LogP contribution in [0.1, 0.15) is 24.4 Å². The van der Waals surface area contributed by atoms with E-state index in [1.165, 1.54) is 63.9 Å². The second-order valence-corrected chi connectivity index (χ2v) is 6.07. The number of hydrogen-bond acceptors (Lipinski definition) is 10. The van der Waals surface area contributed by atoms with Crippen molar-refractivity contribution in [2.75, 3.05) is 33.8 Å². The van der Waals surface area contributed by atoms with Crippen LogP contribution in [0.2, 0.25) is 0 Å². The quantitative estimate of drug-likeness (QED) is 0.426. The molecule has 12 heteroatoms. The molecule has 0 saturated heterocycles. The Labute approximate surface area is 178 Å². The molecule has 0 saturated carbocycles. The fraction of sp³-hybridized carbons (Fsp3) is 0.368. The Kier molecular flexibility index (Phi) is 8.49. The second kappa shape index (κ2) is 11.3. The minimum Gasteiger partial charge on any atom is -0.480 e. The van der Waals surface area contributed by atoms with Gasteiger partial charge in [0.15, 0.2) is 0 Å². The Morgan fingerprint density at radius 3 is 2.32 bits per heavy atom. The summed E-state index contributed by atoms with van der Waals surface area (Å²) in [6, 6.07) is -0.485. The first kappa shape index (κ1) is 23.3. The van der Waals surface area contributed by atoms with Gasteiger partial charge < -0.3 is 24.3 Å². The Balaban J connectivity index is 2.08. The molecule has 0 unspecified atom stereocenters. The third-order valence-electron chi connectivity index (χ3n) is 4.05. The highest BCUT2D eigenvalue weighted by atomic mass is 16.5. The lowest BCUT2D eigenvalue weighted by molar-refractivity contribution is -0.144. The van der Waals surface area contributed by atoms with Crippen molar-refractivity contribution in [1.82, 2.24) is 19.7 Å². The zero-order valence-electron chi connectivity index (χ0n) is 17.5. The van der Waals surface area contributed by atoms with Crippen LogP contribution < -0.4 is 14.8 Å². The number of carbonyl (C=O) groups is 3. The van der Waals surface area contributed by atoms with Crippen LogP contribution >= 0.6 is 0 Å². The summed E-state index contributed by atoms with van der Waals surface area (Å²) in [5.74, 6) is -1.21. The molecule has 0 radical (unpaired) electrons. The number of ether oxygens (including phenoxy) is 4. The topological polar surface area (TPSA) is 144 Å². The summed E-state index contributed by atoms with van der Waals surface area (Å²) in [7, 11) is 5.37. The van der Waals surface area contributed by atoms with Crippen LogP contribution in [0.15, 0.2) is 24.7 Å². The van der Waals surface area contributed by atoms with E-state index in [1.807, 2.05) is 0 Å². The fourth-order valence-corrected chi connectivity index (χ4v) is 2.50. The van der Waals surface area contributed by atoms with Crippen LogP contribution in [-0.4, -0.2) is 66.0 Å². The van der Waals surface area contributed by atoms with Gasteiger partial charge in [-0.2, -0.15) is 10.1 Å². The molecular weight excluding hydrogens is 410 g/mol. The van der Waals surface area contributed by atoms with Crippen LogP contribution in [0.5, 0.6) is 11.9 Å².